The molecule has 7 nitrogen and oxygen atoms in total. The molecule has 0 radical (unpaired) electrons. The molecule has 2 aliphatic rings. The summed E-state index contributed by atoms with van der Waals surface area (Å²) in [5.74, 6) is -0.230. The van der Waals surface area contributed by atoms with Gasteiger partial charge in [0.05, 0.1) is 0 Å². The number of likely N-dealkylation sites (tertiary alicyclic amines) is 2. The number of carbonyl (C=O) groups is 3. The van der Waals surface area contributed by atoms with Gasteiger partial charge < -0.3 is 19.9 Å². The summed E-state index contributed by atoms with van der Waals surface area (Å²) >= 11 is 0. The van der Waals surface area contributed by atoms with E-state index in [1.165, 1.54) is 7.11 Å². The SMILES string of the molecule is COCC(=O)N1CCC([C@@H](NC(=O)c2ccc(C)cc2)C(=O)N2CCCC2)CC1. The summed E-state index contributed by atoms with van der Waals surface area (Å²) in [7, 11) is 1.51. The van der Waals surface area contributed by atoms with Gasteiger partial charge in [0, 0.05) is 38.9 Å². The molecule has 0 bridgehead atoms. The number of carbonyl (C=O) groups excluding carboxylic acids is 3. The molecule has 158 valence electrons. The maximum atomic E-state index is 13.2. The number of nitrogens with one attached hydrogen (secondary N) is 1. The number of aryl methyl sites for hydroxylation is 1. The van der Waals surface area contributed by atoms with Gasteiger partial charge in [0.25, 0.3) is 5.91 Å². The van der Waals surface area contributed by atoms with Crippen LogP contribution in [0.1, 0.15) is 41.6 Å². The van der Waals surface area contributed by atoms with Gasteiger partial charge in [-0.3, -0.25) is 14.4 Å². The third-order valence-corrected chi connectivity index (χ3v) is 5.92. The van der Waals surface area contributed by atoms with E-state index in [9.17, 15) is 14.4 Å². The number of methoxy groups -OCH3 is 1. The predicted molar refractivity (Wildman–Crippen MR) is 109 cm³/mol. The van der Waals surface area contributed by atoms with Crippen LogP contribution in [0.4, 0.5) is 0 Å². The maximum Gasteiger partial charge on any atom is 0.251 e. The molecule has 3 amide bonds. The van der Waals surface area contributed by atoms with Crippen molar-refractivity contribution in [1.82, 2.24) is 15.1 Å². The summed E-state index contributed by atoms with van der Waals surface area (Å²) in [5, 5.41) is 3.01. The van der Waals surface area contributed by atoms with Gasteiger partial charge in [-0.1, -0.05) is 17.7 Å². The highest BCUT2D eigenvalue weighted by Crippen LogP contribution is 2.24. The zero-order valence-electron chi connectivity index (χ0n) is 17.4. The lowest BCUT2D eigenvalue weighted by molar-refractivity contribution is -0.137. The molecule has 1 atom stereocenters. The van der Waals surface area contributed by atoms with E-state index < -0.39 is 6.04 Å². The van der Waals surface area contributed by atoms with Crippen LogP contribution in [0.2, 0.25) is 0 Å². The molecule has 2 heterocycles. The minimum absolute atomic E-state index is 0.00429. The summed E-state index contributed by atoms with van der Waals surface area (Å²) in [5.41, 5.74) is 1.64. The van der Waals surface area contributed by atoms with Crippen LogP contribution >= 0.6 is 0 Å². The van der Waals surface area contributed by atoms with Crippen molar-refractivity contribution in [2.45, 2.75) is 38.6 Å². The molecular weight excluding hydrogens is 370 g/mol. The Labute approximate surface area is 172 Å². The highest BCUT2D eigenvalue weighted by Gasteiger charge is 2.36. The Morgan fingerprint density at radius 2 is 1.66 bits per heavy atom. The number of benzene rings is 1. The van der Waals surface area contributed by atoms with Gasteiger partial charge in [-0.05, 0) is 50.7 Å². The first-order valence-electron chi connectivity index (χ1n) is 10.4. The number of piperidine rings is 1. The molecule has 0 unspecified atom stereocenters. The largest absolute Gasteiger partial charge is 0.375 e. The van der Waals surface area contributed by atoms with Crippen LogP contribution in [-0.2, 0) is 14.3 Å². The zero-order valence-corrected chi connectivity index (χ0v) is 17.4. The fourth-order valence-corrected chi connectivity index (χ4v) is 4.14. The fourth-order valence-electron chi connectivity index (χ4n) is 4.14. The number of hydrogen-bond acceptors (Lipinski definition) is 4. The van der Waals surface area contributed by atoms with Crippen molar-refractivity contribution in [3.63, 3.8) is 0 Å². The number of rotatable bonds is 6. The van der Waals surface area contributed by atoms with E-state index in [4.69, 9.17) is 4.74 Å². The maximum absolute atomic E-state index is 13.2. The van der Waals surface area contributed by atoms with Crippen molar-refractivity contribution in [2.75, 3.05) is 39.9 Å². The highest BCUT2D eigenvalue weighted by molar-refractivity contribution is 5.97. The van der Waals surface area contributed by atoms with Gasteiger partial charge in [-0.25, -0.2) is 0 Å². The van der Waals surface area contributed by atoms with Crippen LogP contribution in [0, 0.1) is 12.8 Å². The number of ether oxygens (including phenoxy) is 1. The normalized spacial score (nSPS) is 18.6. The Balaban J connectivity index is 1.70. The molecule has 0 spiro atoms. The lowest BCUT2D eigenvalue weighted by Gasteiger charge is -2.37. The monoisotopic (exact) mass is 401 g/mol. The molecule has 2 saturated heterocycles. The molecule has 0 aromatic heterocycles. The summed E-state index contributed by atoms with van der Waals surface area (Å²) in [6.45, 7) is 4.71. The average molecular weight is 402 g/mol. The Kier molecular flexibility index (Phi) is 7.25. The molecule has 7 heteroatoms. The Morgan fingerprint density at radius 1 is 1.03 bits per heavy atom. The molecular formula is C22H31N3O4. The quantitative estimate of drug-likeness (QED) is 0.785. The van der Waals surface area contributed by atoms with E-state index >= 15 is 0 Å². The molecule has 0 aliphatic carbocycles. The molecule has 29 heavy (non-hydrogen) atoms. The molecule has 1 aromatic rings. The van der Waals surface area contributed by atoms with E-state index in [2.05, 4.69) is 5.32 Å². The van der Waals surface area contributed by atoms with E-state index in [1.54, 1.807) is 17.0 Å². The first-order valence-corrected chi connectivity index (χ1v) is 10.4. The van der Waals surface area contributed by atoms with E-state index in [-0.39, 0.29) is 30.2 Å². The van der Waals surface area contributed by atoms with Crippen LogP contribution in [0.25, 0.3) is 0 Å². The Hall–Kier alpha value is -2.41. The number of hydrogen-bond donors (Lipinski definition) is 1. The third kappa shape index (κ3) is 5.35. The fraction of sp³-hybridized carbons (Fsp3) is 0.591. The van der Waals surface area contributed by atoms with Gasteiger partial charge in [0.2, 0.25) is 11.8 Å². The zero-order chi connectivity index (χ0) is 20.8. The van der Waals surface area contributed by atoms with Crippen LogP contribution in [-0.4, -0.2) is 73.5 Å². The lowest BCUT2D eigenvalue weighted by atomic mass is 9.88. The van der Waals surface area contributed by atoms with Crippen LogP contribution in [0.3, 0.4) is 0 Å². The molecule has 3 rings (SSSR count). The first-order chi connectivity index (χ1) is 14.0. The molecule has 2 fully saturated rings. The molecule has 0 saturated carbocycles. The first kappa shape index (κ1) is 21.3. The van der Waals surface area contributed by atoms with E-state index in [0.717, 1.165) is 31.5 Å². The van der Waals surface area contributed by atoms with Crippen molar-refractivity contribution in [1.29, 1.82) is 0 Å². The summed E-state index contributed by atoms with van der Waals surface area (Å²) in [6, 6.07) is 6.81. The van der Waals surface area contributed by atoms with Gasteiger partial charge in [-0.15, -0.1) is 0 Å². The predicted octanol–water partition coefficient (Wildman–Crippen LogP) is 1.60. The molecule has 1 N–H and O–H groups in total. The van der Waals surface area contributed by atoms with Gasteiger partial charge in [0.15, 0.2) is 0 Å². The Bertz CT molecular complexity index is 720. The van der Waals surface area contributed by atoms with Crippen molar-refractivity contribution < 1.29 is 19.1 Å². The van der Waals surface area contributed by atoms with Crippen molar-refractivity contribution in [3.8, 4) is 0 Å². The van der Waals surface area contributed by atoms with Gasteiger partial charge >= 0.3 is 0 Å². The average Bonchev–Trinajstić information content (AvgIpc) is 3.27. The second kappa shape index (κ2) is 9.87. The summed E-state index contributed by atoms with van der Waals surface area (Å²) < 4.78 is 4.94. The second-order valence-corrected chi connectivity index (χ2v) is 8.00. The van der Waals surface area contributed by atoms with Gasteiger partial charge in [0.1, 0.15) is 12.6 Å². The minimum Gasteiger partial charge on any atom is -0.375 e. The van der Waals surface area contributed by atoms with Crippen LogP contribution < -0.4 is 5.32 Å². The summed E-state index contributed by atoms with van der Waals surface area (Å²) in [4.78, 5) is 41.7. The standard InChI is InChI=1S/C22H31N3O4/c1-16-5-7-18(8-6-16)21(27)23-20(22(28)25-11-3-4-12-25)17-9-13-24(14-10-17)19(26)15-29-2/h5-8,17,20H,3-4,9-15H2,1-2H3,(H,23,27)/t20-/m1/s1. The number of nitrogens with zero attached hydrogens (tertiary/aromatic N) is 2. The van der Waals surface area contributed by atoms with Crippen molar-refractivity contribution in [2.24, 2.45) is 5.92 Å². The Morgan fingerprint density at radius 3 is 2.24 bits per heavy atom. The highest BCUT2D eigenvalue weighted by atomic mass is 16.5. The smallest absolute Gasteiger partial charge is 0.251 e. The van der Waals surface area contributed by atoms with Crippen molar-refractivity contribution in [3.05, 3.63) is 35.4 Å². The third-order valence-electron chi connectivity index (χ3n) is 5.92. The minimum atomic E-state index is -0.554. The van der Waals surface area contributed by atoms with E-state index in [0.29, 0.717) is 31.5 Å². The number of amides is 3. The second-order valence-electron chi connectivity index (χ2n) is 8.00. The lowest BCUT2D eigenvalue weighted by Crippen LogP contribution is -2.54. The molecule has 1 aromatic carbocycles. The van der Waals surface area contributed by atoms with Crippen LogP contribution in [0.5, 0.6) is 0 Å². The topological polar surface area (TPSA) is 79.0 Å². The van der Waals surface area contributed by atoms with Gasteiger partial charge in [-0.2, -0.15) is 0 Å². The molecule has 2 aliphatic heterocycles. The van der Waals surface area contributed by atoms with Crippen molar-refractivity contribution >= 4 is 17.7 Å². The van der Waals surface area contributed by atoms with Crippen LogP contribution in [0.15, 0.2) is 24.3 Å². The van der Waals surface area contributed by atoms with E-state index in [1.807, 2.05) is 24.0 Å². The summed E-state index contributed by atoms with van der Waals surface area (Å²) in [6.07, 6.45) is 3.39.